The summed E-state index contributed by atoms with van der Waals surface area (Å²) >= 11 is 0. The summed E-state index contributed by atoms with van der Waals surface area (Å²) in [6.07, 6.45) is 1.16. The van der Waals surface area contributed by atoms with Crippen molar-refractivity contribution in [2.75, 3.05) is 19.4 Å². The van der Waals surface area contributed by atoms with Gasteiger partial charge in [-0.3, -0.25) is 10.1 Å². The van der Waals surface area contributed by atoms with Crippen LogP contribution in [0.1, 0.15) is 17.2 Å². The van der Waals surface area contributed by atoms with Gasteiger partial charge in [-0.05, 0) is 35.9 Å². The van der Waals surface area contributed by atoms with Crippen molar-refractivity contribution in [3.63, 3.8) is 0 Å². The highest BCUT2D eigenvalue weighted by Gasteiger charge is 2.21. The summed E-state index contributed by atoms with van der Waals surface area (Å²) in [7, 11) is 3.20. The summed E-state index contributed by atoms with van der Waals surface area (Å²) in [6, 6.07) is 18.4. The largest absolute Gasteiger partial charge is 0.414 e. The third-order valence-electron chi connectivity index (χ3n) is 4.19. The molecule has 0 saturated carbocycles. The van der Waals surface area contributed by atoms with E-state index in [9.17, 15) is 14.9 Å². The van der Waals surface area contributed by atoms with Gasteiger partial charge in [0.2, 0.25) is 0 Å². The van der Waals surface area contributed by atoms with E-state index in [1.165, 1.54) is 17.0 Å². The SMILES string of the molecule is CN(C)C(=O)Oc1ccccc1C(Nc1ccccn1)c1ccc([N+](=O)[O-])cc1. The number of nitro benzene ring substituents is 1. The number of nitrogens with one attached hydrogen (secondary N) is 1. The molecule has 1 amide bonds. The van der Waals surface area contributed by atoms with Crippen LogP contribution in [0.4, 0.5) is 16.3 Å². The van der Waals surface area contributed by atoms with Crippen molar-refractivity contribution in [3.8, 4) is 5.75 Å². The maximum absolute atomic E-state index is 12.1. The van der Waals surface area contributed by atoms with Crippen LogP contribution >= 0.6 is 0 Å². The zero-order valence-corrected chi connectivity index (χ0v) is 16.0. The number of ether oxygens (including phenoxy) is 1. The number of anilines is 1. The molecular formula is C21H20N4O4. The Kier molecular flexibility index (Phi) is 6.03. The molecule has 1 atom stereocenters. The molecule has 0 saturated heterocycles. The lowest BCUT2D eigenvalue weighted by molar-refractivity contribution is -0.384. The van der Waals surface area contributed by atoms with Gasteiger partial charge in [0.25, 0.3) is 5.69 Å². The van der Waals surface area contributed by atoms with Crippen LogP contribution in [0.2, 0.25) is 0 Å². The Morgan fingerprint density at radius 3 is 2.38 bits per heavy atom. The normalized spacial score (nSPS) is 11.4. The lowest BCUT2D eigenvalue weighted by Crippen LogP contribution is -2.26. The molecule has 0 bridgehead atoms. The van der Waals surface area contributed by atoms with Crippen molar-refractivity contribution in [2.24, 2.45) is 0 Å². The second-order valence-corrected chi connectivity index (χ2v) is 6.44. The molecule has 0 fully saturated rings. The number of benzene rings is 2. The summed E-state index contributed by atoms with van der Waals surface area (Å²) in [6.45, 7) is 0. The number of aromatic nitrogens is 1. The fourth-order valence-electron chi connectivity index (χ4n) is 2.72. The Bertz CT molecular complexity index is 991. The third-order valence-corrected chi connectivity index (χ3v) is 4.19. The summed E-state index contributed by atoms with van der Waals surface area (Å²) in [5, 5.41) is 14.3. The molecule has 1 N–H and O–H groups in total. The van der Waals surface area contributed by atoms with E-state index in [2.05, 4.69) is 10.3 Å². The first-order chi connectivity index (χ1) is 14.0. The van der Waals surface area contributed by atoms with Crippen molar-refractivity contribution in [3.05, 3.63) is 94.2 Å². The van der Waals surface area contributed by atoms with E-state index >= 15 is 0 Å². The number of carbonyl (C=O) groups is 1. The van der Waals surface area contributed by atoms with E-state index in [-0.39, 0.29) is 5.69 Å². The molecule has 29 heavy (non-hydrogen) atoms. The minimum absolute atomic E-state index is 0.00217. The van der Waals surface area contributed by atoms with Crippen LogP contribution in [0.5, 0.6) is 5.75 Å². The fraction of sp³-hybridized carbons (Fsp3) is 0.143. The Balaban J connectivity index is 2.03. The molecule has 3 aromatic rings. The average Bonchev–Trinajstić information content (AvgIpc) is 2.73. The van der Waals surface area contributed by atoms with E-state index in [4.69, 9.17) is 4.74 Å². The molecule has 148 valence electrons. The van der Waals surface area contributed by atoms with Crippen LogP contribution in [-0.2, 0) is 0 Å². The Hall–Kier alpha value is -3.94. The number of pyridine rings is 1. The van der Waals surface area contributed by atoms with Gasteiger partial charge in [0, 0.05) is 38.0 Å². The number of nitrogens with zero attached hydrogens (tertiary/aromatic N) is 3. The highest BCUT2D eigenvalue weighted by Crippen LogP contribution is 2.33. The number of carbonyl (C=O) groups excluding carboxylic acids is 1. The average molecular weight is 392 g/mol. The first-order valence-electron chi connectivity index (χ1n) is 8.85. The number of nitro groups is 1. The molecule has 1 unspecified atom stereocenters. The number of amides is 1. The second kappa shape index (κ2) is 8.83. The van der Waals surface area contributed by atoms with Crippen LogP contribution in [0.3, 0.4) is 0 Å². The van der Waals surface area contributed by atoms with Gasteiger partial charge in [-0.1, -0.05) is 24.3 Å². The standard InChI is InChI=1S/C21H20N4O4/c1-24(2)21(26)29-18-8-4-3-7-17(18)20(23-19-9-5-6-14-22-19)15-10-12-16(13-11-15)25(27)28/h3-14,20H,1-2H3,(H,22,23). The highest BCUT2D eigenvalue weighted by molar-refractivity contribution is 5.71. The topological polar surface area (TPSA) is 97.6 Å². The number of rotatable bonds is 6. The Labute approximate surface area is 167 Å². The van der Waals surface area contributed by atoms with Crippen LogP contribution in [-0.4, -0.2) is 35.0 Å². The molecule has 8 nitrogen and oxygen atoms in total. The number of hydrogen-bond donors (Lipinski definition) is 1. The van der Waals surface area contributed by atoms with E-state index < -0.39 is 17.1 Å². The summed E-state index contributed by atoms with van der Waals surface area (Å²) in [5.41, 5.74) is 1.45. The molecule has 2 aromatic carbocycles. The molecule has 0 aliphatic rings. The van der Waals surface area contributed by atoms with E-state index in [1.54, 1.807) is 50.6 Å². The molecule has 1 aromatic heterocycles. The zero-order chi connectivity index (χ0) is 20.8. The molecule has 0 aliphatic heterocycles. The molecule has 0 aliphatic carbocycles. The maximum atomic E-state index is 12.1. The van der Waals surface area contributed by atoms with Gasteiger partial charge in [0.1, 0.15) is 11.6 Å². The third kappa shape index (κ3) is 4.86. The van der Waals surface area contributed by atoms with Crippen LogP contribution in [0.15, 0.2) is 72.9 Å². The minimum atomic E-state index is -0.502. The van der Waals surface area contributed by atoms with Gasteiger partial charge in [0.15, 0.2) is 0 Å². The molecule has 1 heterocycles. The van der Waals surface area contributed by atoms with E-state index in [0.717, 1.165) is 5.56 Å². The smallest absolute Gasteiger partial charge is 0.410 e. The maximum Gasteiger partial charge on any atom is 0.414 e. The van der Waals surface area contributed by atoms with Crippen molar-refractivity contribution in [2.45, 2.75) is 6.04 Å². The van der Waals surface area contributed by atoms with E-state index in [0.29, 0.717) is 17.1 Å². The van der Waals surface area contributed by atoms with Gasteiger partial charge in [0.05, 0.1) is 11.0 Å². The predicted octanol–water partition coefficient (Wildman–Crippen LogP) is 4.25. The summed E-state index contributed by atoms with van der Waals surface area (Å²) < 4.78 is 5.53. The highest BCUT2D eigenvalue weighted by atomic mass is 16.6. The summed E-state index contributed by atoms with van der Waals surface area (Å²) in [5.74, 6) is 1.00. The van der Waals surface area contributed by atoms with Crippen LogP contribution in [0.25, 0.3) is 0 Å². The number of para-hydroxylation sites is 1. The van der Waals surface area contributed by atoms with Gasteiger partial charge in [-0.25, -0.2) is 9.78 Å². The number of non-ortho nitro benzene ring substituents is 1. The second-order valence-electron chi connectivity index (χ2n) is 6.44. The van der Waals surface area contributed by atoms with Crippen molar-refractivity contribution in [1.29, 1.82) is 0 Å². The molecule has 0 spiro atoms. The minimum Gasteiger partial charge on any atom is -0.410 e. The molecule has 3 rings (SSSR count). The fourth-order valence-corrected chi connectivity index (χ4v) is 2.72. The van der Waals surface area contributed by atoms with Crippen molar-refractivity contribution >= 4 is 17.6 Å². The quantitative estimate of drug-likeness (QED) is 0.497. The number of hydrogen-bond acceptors (Lipinski definition) is 6. The lowest BCUT2D eigenvalue weighted by Gasteiger charge is -2.23. The van der Waals surface area contributed by atoms with E-state index in [1.807, 2.05) is 24.3 Å². The Morgan fingerprint density at radius 1 is 1.07 bits per heavy atom. The van der Waals surface area contributed by atoms with Crippen LogP contribution in [0, 0.1) is 10.1 Å². The Morgan fingerprint density at radius 2 is 1.76 bits per heavy atom. The van der Waals surface area contributed by atoms with Gasteiger partial charge in [-0.2, -0.15) is 0 Å². The van der Waals surface area contributed by atoms with Crippen molar-refractivity contribution < 1.29 is 14.5 Å². The van der Waals surface area contributed by atoms with Gasteiger partial charge in [-0.15, -0.1) is 0 Å². The zero-order valence-electron chi connectivity index (χ0n) is 16.0. The predicted molar refractivity (Wildman–Crippen MR) is 109 cm³/mol. The van der Waals surface area contributed by atoms with Gasteiger partial charge < -0.3 is 15.0 Å². The first-order valence-corrected chi connectivity index (χ1v) is 8.85. The lowest BCUT2D eigenvalue weighted by atomic mass is 9.97. The van der Waals surface area contributed by atoms with Crippen molar-refractivity contribution in [1.82, 2.24) is 9.88 Å². The van der Waals surface area contributed by atoms with Crippen LogP contribution < -0.4 is 10.1 Å². The first kappa shape index (κ1) is 19.8. The molecular weight excluding hydrogens is 372 g/mol. The molecule has 0 radical (unpaired) electrons. The monoisotopic (exact) mass is 392 g/mol. The molecule has 8 heteroatoms. The summed E-state index contributed by atoms with van der Waals surface area (Å²) in [4.78, 5) is 28.3. The van der Waals surface area contributed by atoms with Gasteiger partial charge >= 0.3 is 6.09 Å².